The van der Waals surface area contributed by atoms with Gasteiger partial charge in [-0.05, 0) is 37.8 Å². The highest BCUT2D eigenvalue weighted by atomic mass is 16.1. The Hall–Kier alpha value is -1.91. The molecule has 2 aromatic heterocycles. The van der Waals surface area contributed by atoms with E-state index in [0.717, 1.165) is 17.2 Å². The summed E-state index contributed by atoms with van der Waals surface area (Å²) in [6, 6.07) is 3.75. The predicted molar refractivity (Wildman–Crippen MR) is 77.5 cm³/mol. The Kier molecular flexibility index (Phi) is 3.67. The molecule has 0 radical (unpaired) electrons. The van der Waals surface area contributed by atoms with Crippen molar-refractivity contribution in [2.45, 2.75) is 45.4 Å². The third-order valence-corrected chi connectivity index (χ3v) is 3.92. The number of nitrogens with zero attached hydrogens (tertiary/aromatic N) is 3. The molecule has 2 heterocycles. The Balaban J connectivity index is 1.64. The first-order valence-electron chi connectivity index (χ1n) is 7.33. The fourth-order valence-electron chi connectivity index (χ4n) is 2.93. The maximum atomic E-state index is 12.1. The minimum atomic E-state index is 0.105. The normalized spacial score (nSPS) is 16.4. The maximum Gasteiger partial charge on any atom is 0.224 e. The molecule has 1 amide bonds. The van der Waals surface area contributed by atoms with E-state index in [4.69, 9.17) is 0 Å². The summed E-state index contributed by atoms with van der Waals surface area (Å²) in [6.45, 7) is 1.86. The Bertz CT molecular complexity index is 613. The fraction of sp³-hybridized carbons (Fsp3) is 0.533. The van der Waals surface area contributed by atoms with Crippen molar-refractivity contribution in [3.05, 3.63) is 24.2 Å². The number of carbonyl (C=O) groups excluding carboxylic acids is 1. The zero-order chi connectivity index (χ0) is 13.9. The van der Waals surface area contributed by atoms with Crippen molar-refractivity contribution in [3.63, 3.8) is 0 Å². The van der Waals surface area contributed by atoms with Crippen LogP contribution in [0.25, 0.3) is 5.65 Å². The predicted octanol–water partition coefficient (Wildman–Crippen LogP) is 2.95. The van der Waals surface area contributed by atoms with E-state index in [1.807, 2.05) is 25.3 Å². The van der Waals surface area contributed by atoms with Crippen LogP contribution in [0.15, 0.2) is 18.3 Å². The molecule has 1 saturated carbocycles. The highest BCUT2D eigenvalue weighted by molar-refractivity contribution is 5.90. The SMILES string of the molecule is Cc1nc2ccc(NC(=O)CC3CCCCC3)cn2n1. The topological polar surface area (TPSA) is 59.3 Å². The summed E-state index contributed by atoms with van der Waals surface area (Å²) < 4.78 is 1.70. The Morgan fingerprint density at radius 3 is 2.95 bits per heavy atom. The number of amides is 1. The highest BCUT2D eigenvalue weighted by Crippen LogP contribution is 2.26. The number of hydrogen-bond acceptors (Lipinski definition) is 3. The molecule has 0 atom stereocenters. The fourth-order valence-corrected chi connectivity index (χ4v) is 2.93. The third kappa shape index (κ3) is 2.98. The van der Waals surface area contributed by atoms with Crippen LogP contribution in [-0.2, 0) is 4.79 Å². The molecule has 0 spiro atoms. The average molecular weight is 272 g/mol. The van der Waals surface area contributed by atoms with Crippen LogP contribution in [0.5, 0.6) is 0 Å². The minimum Gasteiger partial charge on any atom is -0.325 e. The van der Waals surface area contributed by atoms with Gasteiger partial charge < -0.3 is 5.32 Å². The molecule has 0 aromatic carbocycles. The first-order valence-corrected chi connectivity index (χ1v) is 7.33. The van der Waals surface area contributed by atoms with Gasteiger partial charge in [0.2, 0.25) is 5.91 Å². The summed E-state index contributed by atoms with van der Waals surface area (Å²) in [5.41, 5.74) is 1.58. The zero-order valence-electron chi connectivity index (χ0n) is 11.8. The molecule has 0 unspecified atom stereocenters. The van der Waals surface area contributed by atoms with E-state index in [-0.39, 0.29) is 5.91 Å². The summed E-state index contributed by atoms with van der Waals surface area (Å²) >= 11 is 0. The van der Waals surface area contributed by atoms with Gasteiger partial charge in [-0.1, -0.05) is 19.3 Å². The number of carbonyl (C=O) groups is 1. The van der Waals surface area contributed by atoms with Crippen molar-refractivity contribution >= 4 is 17.2 Å². The van der Waals surface area contributed by atoms with Gasteiger partial charge in [0.15, 0.2) is 5.65 Å². The Morgan fingerprint density at radius 1 is 1.35 bits per heavy atom. The van der Waals surface area contributed by atoms with Crippen molar-refractivity contribution in [2.24, 2.45) is 5.92 Å². The molecule has 1 aliphatic rings. The molecule has 106 valence electrons. The number of aryl methyl sites for hydroxylation is 1. The smallest absolute Gasteiger partial charge is 0.224 e. The number of pyridine rings is 1. The lowest BCUT2D eigenvalue weighted by Crippen LogP contribution is -2.18. The second-order valence-electron chi connectivity index (χ2n) is 5.64. The monoisotopic (exact) mass is 272 g/mol. The lowest BCUT2D eigenvalue weighted by molar-refractivity contribution is -0.117. The largest absolute Gasteiger partial charge is 0.325 e. The molecule has 20 heavy (non-hydrogen) atoms. The molecule has 0 bridgehead atoms. The van der Waals surface area contributed by atoms with Gasteiger partial charge in [0.25, 0.3) is 0 Å². The van der Waals surface area contributed by atoms with Crippen molar-refractivity contribution in [2.75, 3.05) is 5.32 Å². The van der Waals surface area contributed by atoms with Crippen LogP contribution in [-0.4, -0.2) is 20.5 Å². The van der Waals surface area contributed by atoms with Crippen LogP contribution in [0.4, 0.5) is 5.69 Å². The molecular formula is C15H20N4O. The van der Waals surface area contributed by atoms with E-state index in [1.54, 1.807) is 4.52 Å². The highest BCUT2D eigenvalue weighted by Gasteiger charge is 2.17. The van der Waals surface area contributed by atoms with Gasteiger partial charge in [-0.3, -0.25) is 4.79 Å². The third-order valence-electron chi connectivity index (χ3n) is 3.92. The standard InChI is InChI=1S/C15H20N4O/c1-11-16-14-8-7-13(10-19(14)18-11)17-15(20)9-12-5-3-2-4-6-12/h7-8,10,12H,2-6,9H2,1H3,(H,17,20). The number of anilines is 1. The summed E-state index contributed by atoms with van der Waals surface area (Å²) in [5.74, 6) is 1.39. The van der Waals surface area contributed by atoms with Gasteiger partial charge in [0, 0.05) is 6.42 Å². The number of fused-ring (bicyclic) bond motifs is 1. The number of hydrogen-bond donors (Lipinski definition) is 1. The Morgan fingerprint density at radius 2 is 2.15 bits per heavy atom. The quantitative estimate of drug-likeness (QED) is 0.934. The van der Waals surface area contributed by atoms with Crippen molar-refractivity contribution in [3.8, 4) is 0 Å². The molecule has 5 nitrogen and oxygen atoms in total. The van der Waals surface area contributed by atoms with Gasteiger partial charge >= 0.3 is 0 Å². The number of rotatable bonds is 3. The first-order chi connectivity index (χ1) is 9.70. The lowest BCUT2D eigenvalue weighted by atomic mass is 9.87. The summed E-state index contributed by atoms with van der Waals surface area (Å²) in [7, 11) is 0. The molecular weight excluding hydrogens is 252 g/mol. The van der Waals surface area contributed by atoms with E-state index < -0.39 is 0 Å². The molecule has 2 aromatic rings. The van der Waals surface area contributed by atoms with Crippen LogP contribution in [0.3, 0.4) is 0 Å². The summed E-state index contributed by atoms with van der Waals surface area (Å²) in [5, 5.41) is 7.21. The van der Waals surface area contributed by atoms with Gasteiger partial charge in [0.05, 0.1) is 11.9 Å². The van der Waals surface area contributed by atoms with Crippen LogP contribution in [0.1, 0.15) is 44.3 Å². The Labute approximate surface area is 118 Å². The molecule has 0 saturated heterocycles. The molecule has 3 rings (SSSR count). The molecule has 5 heteroatoms. The first kappa shape index (κ1) is 13.1. The van der Waals surface area contributed by atoms with Crippen LogP contribution < -0.4 is 5.32 Å². The molecule has 1 N–H and O–H groups in total. The van der Waals surface area contributed by atoms with Gasteiger partial charge in [-0.15, -0.1) is 0 Å². The van der Waals surface area contributed by atoms with E-state index in [2.05, 4.69) is 15.4 Å². The van der Waals surface area contributed by atoms with Crippen LogP contribution in [0.2, 0.25) is 0 Å². The summed E-state index contributed by atoms with van der Waals surface area (Å²) in [6.07, 6.45) is 8.68. The maximum absolute atomic E-state index is 12.1. The van der Waals surface area contributed by atoms with Gasteiger partial charge in [0.1, 0.15) is 5.82 Å². The lowest BCUT2D eigenvalue weighted by Gasteiger charge is -2.20. The molecule has 1 aliphatic carbocycles. The van der Waals surface area contributed by atoms with Gasteiger partial charge in [-0.25, -0.2) is 9.50 Å². The van der Waals surface area contributed by atoms with Gasteiger partial charge in [-0.2, -0.15) is 5.10 Å². The zero-order valence-corrected chi connectivity index (χ0v) is 11.8. The van der Waals surface area contributed by atoms with E-state index >= 15 is 0 Å². The van der Waals surface area contributed by atoms with Crippen molar-refractivity contribution in [1.29, 1.82) is 0 Å². The van der Waals surface area contributed by atoms with E-state index in [9.17, 15) is 4.79 Å². The minimum absolute atomic E-state index is 0.105. The number of nitrogens with one attached hydrogen (secondary N) is 1. The van der Waals surface area contributed by atoms with E-state index in [1.165, 1.54) is 32.1 Å². The van der Waals surface area contributed by atoms with Crippen molar-refractivity contribution in [1.82, 2.24) is 14.6 Å². The summed E-state index contributed by atoms with van der Waals surface area (Å²) in [4.78, 5) is 16.3. The second kappa shape index (κ2) is 5.61. The van der Waals surface area contributed by atoms with Crippen molar-refractivity contribution < 1.29 is 4.79 Å². The second-order valence-corrected chi connectivity index (χ2v) is 5.64. The number of aromatic nitrogens is 3. The average Bonchev–Trinajstić information content (AvgIpc) is 2.79. The van der Waals surface area contributed by atoms with Crippen LogP contribution >= 0.6 is 0 Å². The van der Waals surface area contributed by atoms with Crippen LogP contribution in [0, 0.1) is 12.8 Å². The van der Waals surface area contributed by atoms with E-state index in [0.29, 0.717) is 12.3 Å². The molecule has 0 aliphatic heterocycles. The molecule has 1 fully saturated rings.